The molecule has 0 unspecified atom stereocenters. The van der Waals surface area contributed by atoms with Gasteiger partial charge in [0, 0.05) is 20.1 Å². The van der Waals surface area contributed by atoms with Crippen molar-refractivity contribution in [3.8, 4) is 0 Å². The van der Waals surface area contributed by atoms with Gasteiger partial charge in [-0.05, 0) is 12.0 Å². The smallest absolute Gasteiger partial charge is 0.249 e. The monoisotopic (exact) mass is 330 g/mol. The number of likely N-dealkylation sites (N-methyl/N-ethyl adjacent to an activating group) is 1. The molecule has 0 radical (unpaired) electrons. The number of piperidine rings is 1. The van der Waals surface area contributed by atoms with Crippen molar-refractivity contribution in [2.45, 2.75) is 18.1 Å². The number of amides is 1. The number of ether oxygens (including phenoxy) is 1. The fourth-order valence-corrected chi connectivity index (χ4v) is 4.30. The summed E-state index contributed by atoms with van der Waals surface area (Å²) < 4.78 is 5.97. The lowest BCUT2D eigenvalue weighted by molar-refractivity contribution is -0.173. The van der Waals surface area contributed by atoms with Gasteiger partial charge in [0.15, 0.2) is 0 Å². The van der Waals surface area contributed by atoms with Crippen LogP contribution in [0, 0.1) is 0 Å². The van der Waals surface area contributed by atoms with Gasteiger partial charge in [-0.15, -0.1) is 10.2 Å². The molecular weight excluding hydrogens is 312 g/mol. The first kappa shape index (κ1) is 14.6. The van der Waals surface area contributed by atoms with Crippen molar-refractivity contribution in [2.24, 2.45) is 0 Å². The van der Waals surface area contributed by atoms with Crippen LogP contribution in [-0.2, 0) is 15.1 Å². The number of rotatable bonds is 2. The second-order valence-electron chi connectivity index (χ2n) is 5.96. The SMILES string of the molecule is CN1C(=O)CO[C@@H]2CN(c3nncs3)CC[C@]21c1ccccc1. The van der Waals surface area contributed by atoms with Gasteiger partial charge in [0.1, 0.15) is 18.2 Å². The molecule has 6 nitrogen and oxygen atoms in total. The number of morpholine rings is 1. The molecule has 0 N–H and O–H groups in total. The molecule has 4 rings (SSSR count). The zero-order chi connectivity index (χ0) is 15.9. The average molecular weight is 330 g/mol. The summed E-state index contributed by atoms with van der Waals surface area (Å²) >= 11 is 1.53. The molecule has 120 valence electrons. The maximum absolute atomic E-state index is 12.3. The lowest BCUT2D eigenvalue weighted by atomic mass is 9.76. The van der Waals surface area contributed by atoms with Gasteiger partial charge in [0.25, 0.3) is 0 Å². The van der Waals surface area contributed by atoms with Crippen LogP contribution in [0.3, 0.4) is 0 Å². The van der Waals surface area contributed by atoms with Crippen molar-refractivity contribution in [1.82, 2.24) is 15.1 Å². The molecule has 2 fully saturated rings. The van der Waals surface area contributed by atoms with Crippen LogP contribution in [0.25, 0.3) is 0 Å². The summed E-state index contributed by atoms with van der Waals surface area (Å²) in [4.78, 5) is 16.4. The van der Waals surface area contributed by atoms with Gasteiger partial charge < -0.3 is 14.5 Å². The van der Waals surface area contributed by atoms with Crippen LogP contribution in [0.15, 0.2) is 35.8 Å². The Balaban J connectivity index is 1.72. The van der Waals surface area contributed by atoms with Crippen molar-refractivity contribution < 1.29 is 9.53 Å². The number of carbonyl (C=O) groups is 1. The van der Waals surface area contributed by atoms with Crippen LogP contribution in [0.4, 0.5) is 5.13 Å². The number of hydrogen-bond acceptors (Lipinski definition) is 6. The van der Waals surface area contributed by atoms with E-state index >= 15 is 0 Å². The van der Waals surface area contributed by atoms with Gasteiger partial charge in [-0.3, -0.25) is 4.79 Å². The van der Waals surface area contributed by atoms with E-state index in [9.17, 15) is 4.79 Å². The number of benzene rings is 1. The van der Waals surface area contributed by atoms with E-state index in [4.69, 9.17) is 4.74 Å². The predicted molar refractivity (Wildman–Crippen MR) is 87.4 cm³/mol. The zero-order valence-corrected chi connectivity index (χ0v) is 13.7. The van der Waals surface area contributed by atoms with Crippen molar-refractivity contribution in [3.63, 3.8) is 0 Å². The molecule has 1 amide bonds. The lowest BCUT2D eigenvalue weighted by Gasteiger charge is -2.54. The van der Waals surface area contributed by atoms with Gasteiger partial charge in [0.05, 0.1) is 5.54 Å². The van der Waals surface area contributed by atoms with E-state index in [1.165, 1.54) is 11.3 Å². The first-order valence-electron chi connectivity index (χ1n) is 7.67. The van der Waals surface area contributed by atoms with E-state index in [0.717, 1.165) is 23.7 Å². The highest BCUT2D eigenvalue weighted by atomic mass is 32.1. The fourth-order valence-electron chi connectivity index (χ4n) is 3.70. The molecule has 23 heavy (non-hydrogen) atoms. The van der Waals surface area contributed by atoms with Crippen LogP contribution in [0.1, 0.15) is 12.0 Å². The number of hydrogen-bond donors (Lipinski definition) is 0. The highest BCUT2D eigenvalue weighted by molar-refractivity contribution is 7.13. The summed E-state index contributed by atoms with van der Waals surface area (Å²) in [6.45, 7) is 1.67. The average Bonchev–Trinajstić information content (AvgIpc) is 3.13. The highest BCUT2D eigenvalue weighted by Crippen LogP contribution is 2.43. The normalized spacial score (nSPS) is 27.9. The zero-order valence-electron chi connectivity index (χ0n) is 12.9. The van der Waals surface area contributed by atoms with E-state index in [2.05, 4.69) is 27.2 Å². The van der Waals surface area contributed by atoms with Gasteiger partial charge in [-0.25, -0.2) is 0 Å². The largest absolute Gasteiger partial charge is 0.364 e. The van der Waals surface area contributed by atoms with Crippen molar-refractivity contribution in [2.75, 3.05) is 31.6 Å². The van der Waals surface area contributed by atoms with E-state index in [1.807, 2.05) is 30.1 Å². The maximum atomic E-state index is 12.3. The standard InChI is InChI=1S/C16H18N4O2S/c1-19-14(21)10-22-13-9-20(15-18-17-11-23-15)8-7-16(13,19)12-5-3-2-4-6-12/h2-6,11,13H,7-10H2,1H3/t13-,16+/m1/s1. The van der Waals surface area contributed by atoms with Crippen LogP contribution in [-0.4, -0.2) is 53.9 Å². The Morgan fingerprint density at radius 1 is 1.35 bits per heavy atom. The first-order valence-corrected chi connectivity index (χ1v) is 8.54. The summed E-state index contributed by atoms with van der Waals surface area (Å²) in [7, 11) is 1.89. The van der Waals surface area contributed by atoms with Crippen molar-refractivity contribution in [1.29, 1.82) is 0 Å². The van der Waals surface area contributed by atoms with E-state index in [-0.39, 0.29) is 18.6 Å². The molecule has 1 aromatic heterocycles. The third kappa shape index (κ3) is 2.22. The molecule has 3 heterocycles. The highest BCUT2D eigenvalue weighted by Gasteiger charge is 2.52. The number of fused-ring (bicyclic) bond motifs is 1. The maximum Gasteiger partial charge on any atom is 0.249 e. The van der Waals surface area contributed by atoms with Gasteiger partial charge in [-0.2, -0.15) is 0 Å². The second kappa shape index (κ2) is 5.58. The fraction of sp³-hybridized carbons (Fsp3) is 0.438. The van der Waals surface area contributed by atoms with Crippen LogP contribution >= 0.6 is 11.3 Å². The first-order chi connectivity index (χ1) is 11.2. The summed E-state index contributed by atoms with van der Waals surface area (Å²) in [5.41, 5.74) is 2.47. The molecule has 2 aromatic rings. The van der Waals surface area contributed by atoms with E-state index in [1.54, 1.807) is 5.51 Å². The molecule has 7 heteroatoms. The summed E-state index contributed by atoms with van der Waals surface area (Å²) in [5.74, 6) is 0.0365. The summed E-state index contributed by atoms with van der Waals surface area (Å²) in [6, 6.07) is 10.2. The van der Waals surface area contributed by atoms with Gasteiger partial charge >= 0.3 is 0 Å². The topological polar surface area (TPSA) is 58.6 Å². The Kier molecular flexibility index (Phi) is 3.54. The number of nitrogens with zero attached hydrogens (tertiary/aromatic N) is 4. The number of aromatic nitrogens is 2. The quantitative estimate of drug-likeness (QED) is 0.835. The van der Waals surface area contributed by atoms with Crippen LogP contribution in [0.5, 0.6) is 0 Å². The molecule has 2 aliphatic heterocycles. The van der Waals surface area contributed by atoms with Crippen LogP contribution < -0.4 is 4.90 Å². The third-order valence-electron chi connectivity index (χ3n) is 4.96. The minimum Gasteiger partial charge on any atom is -0.364 e. The predicted octanol–water partition coefficient (Wildman–Crippen LogP) is 1.50. The lowest BCUT2D eigenvalue weighted by Crippen LogP contribution is -2.67. The molecule has 2 atom stereocenters. The van der Waals surface area contributed by atoms with E-state index < -0.39 is 5.54 Å². The minimum atomic E-state index is -0.405. The Labute approximate surface area is 138 Å². The minimum absolute atomic E-state index is 0.0365. The van der Waals surface area contributed by atoms with Gasteiger partial charge in [0.2, 0.25) is 11.0 Å². The third-order valence-corrected chi connectivity index (χ3v) is 5.71. The molecule has 2 aliphatic rings. The van der Waals surface area contributed by atoms with Gasteiger partial charge in [-0.1, -0.05) is 41.7 Å². The molecular formula is C16H18N4O2S. The number of anilines is 1. The Hall–Kier alpha value is -1.99. The van der Waals surface area contributed by atoms with Crippen molar-refractivity contribution in [3.05, 3.63) is 41.4 Å². The number of carbonyl (C=O) groups excluding carboxylic acids is 1. The Morgan fingerprint density at radius 2 is 2.17 bits per heavy atom. The molecule has 0 aliphatic carbocycles. The second-order valence-corrected chi connectivity index (χ2v) is 6.77. The molecule has 2 saturated heterocycles. The Morgan fingerprint density at radius 3 is 2.91 bits per heavy atom. The summed E-state index contributed by atoms with van der Waals surface area (Å²) in [5, 5.41) is 9.00. The Bertz CT molecular complexity index is 693. The summed E-state index contributed by atoms with van der Waals surface area (Å²) in [6.07, 6.45) is 0.731. The molecule has 0 spiro atoms. The molecule has 0 bridgehead atoms. The molecule has 1 aromatic carbocycles. The van der Waals surface area contributed by atoms with E-state index in [0.29, 0.717) is 6.54 Å². The van der Waals surface area contributed by atoms with Crippen molar-refractivity contribution >= 4 is 22.4 Å². The molecule has 0 saturated carbocycles. The van der Waals surface area contributed by atoms with Crippen LogP contribution in [0.2, 0.25) is 0 Å².